The SMILES string of the molecule is c1ccc2c(c1)C1c3cc4ccccc4cc3C2c2ncncc21. The Kier molecular flexibility index (Phi) is 2.22. The van der Waals surface area contributed by atoms with E-state index in [2.05, 4.69) is 70.6 Å². The highest BCUT2D eigenvalue weighted by Crippen LogP contribution is 2.55. The number of nitrogens with zero attached hydrogens (tertiary/aromatic N) is 2. The van der Waals surface area contributed by atoms with Crippen molar-refractivity contribution in [3.63, 3.8) is 0 Å². The Bertz CT molecular complexity index is 994. The van der Waals surface area contributed by atoms with E-state index in [-0.39, 0.29) is 11.8 Å². The zero-order valence-electron chi connectivity index (χ0n) is 13.0. The van der Waals surface area contributed by atoms with Crippen LogP contribution in [0.15, 0.2) is 73.2 Å². The number of benzene rings is 3. The van der Waals surface area contributed by atoms with Gasteiger partial charge in [-0.05, 0) is 45.2 Å². The maximum Gasteiger partial charge on any atom is 0.115 e. The number of hydrogen-bond donors (Lipinski definition) is 0. The quantitative estimate of drug-likeness (QED) is 0.409. The van der Waals surface area contributed by atoms with Crippen molar-refractivity contribution >= 4 is 10.8 Å². The molecular weight excluding hydrogens is 292 g/mol. The third-order valence-corrected chi connectivity index (χ3v) is 5.55. The van der Waals surface area contributed by atoms with Crippen LogP contribution in [0.4, 0.5) is 0 Å². The third kappa shape index (κ3) is 1.41. The minimum atomic E-state index is 0.226. The lowest BCUT2D eigenvalue weighted by molar-refractivity contribution is 0.720. The Morgan fingerprint density at radius 2 is 1.25 bits per heavy atom. The molecule has 2 heteroatoms. The van der Waals surface area contributed by atoms with Crippen molar-refractivity contribution in [1.29, 1.82) is 0 Å². The van der Waals surface area contributed by atoms with Gasteiger partial charge in [-0.2, -0.15) is 0 Å². The van der Waals surface area contributed by atoms with Gasteiger partial charge in [-0.15, -0.1) is 0 Å². The summed E-state index contributed by atoms with van der Waals surface area (Å²) in [5, 5.41) is 2.61. The molecule has 3 aliphatic carbocycles. The van der Waals surface area contributed by atoms with E-state index in [9.17, 15) is 0 Å². The van der Waals surface area contributed by atoms with Crippen LogP contribution >= 0.6 is 0 Å². The molecule has 2 nitrogen and oxygen atoms in total. The highest BCUT2D eigenvalue weighted by molar-refractivity contribution is 5.86. The van der Waals surface area contributed by atoms with Gasteiger partial charge in [0.15, 0.2) is 0 Å². The Balaban J connectivity index is 1.76. The minimum Gasteiger partial charge on any atom is -0.244 e. The van der Waals surface area contributed by atoms with Gasteiger partial charge in [0.25, 0.3) is 0 Å². The lowest BCUT2D eigenvalue weighted by atomic mass is 9.62. The van der Waals surface area contributed by atoms with Gasteiger partial charge in [0.2, 0.25) is 0 Å². The average Bonchev–Trinajstić information content (AvgIpc) is 2.66. The smallest absolute Gasteiger partial charge is 0.115 e. The van der Waals surface area contributed by atoms with Gasteiger partial charge in [0.1, 0.15) is 6.33 Å². The van der Waals surface area contributed by atoms with Crippen LogP contribution in [0, 0.1) is 0 Å². The van der Waals surface area contributed by atoms with E-state index in [4.69, 9.17) is 0 Å². The van der Waals surface area contributed by atoms with Crippen molar-refractivity contribution in [2.24, 2.45) is 0 Å². The molecule has 0 saturated carbocycles. The molecule has 2 atom stereocenters. The van der Waals surface area contributed by atoms with Gasteiger partial charge in [-0.25, -0.2) is 9.97 Å². The number of fused-ring (bicyclic) bond motifs is 1. The highest BCUT2D eigenvalue weighted by Gasteiger charge is 2.42. The van der Waals surface area contributed by atoms with Crippen molar-refractivity contribution in [3.8, 4) is 0 Å². The molecule has 0 spiro atoms. The summed E-state index contributed by atoms with van der Waals surface area (Å²) in [6, 6.07) is 22.2. The van der Waals surface area contributed by atoms with Gasteiger partial charge in [0, 0.05) is 17.7 Å². The fourth-order valence-corrected chi connectivity index (χ4v) is 4.59. The molecular formula is C22H14N2. The molecule has 7 rings (SSSR count). The average molecular weight is 306 g/mol. The van der Waals surface area contributed by atoms with E-state index in [1.54, 1.807) is 6.33 Å². The standard InChI is InChI=1S/C22H14N2/c1-2-6-14-10-18-17(9-13(14)5-1)20-15-7-3-4-8-16(15)21(18)22-19(20)11-23-12-24-22/h1-12,20-21H. The van der Waals surface area contributed by atoms with E-state index in [0.717, 1.165) is 0 Å². The summed E-state index contributed by atoms with van der Waals surface area (Å²) in [6.45, 7) is 0. The predicted octanol–water partition coefficient (Wildman–Crippen LogP) is 4.62. The second-order valence-corrected chi connectivity index (χ2v) is 6.69. The fraction of sp³-hybridized carbons (Fsp3) is 0.0909. The van der Waals surface area contributed by atoms with E-state index < -0.39 is 0 Å². The van der Waals surface area contributed by atoms with E-state index in [1.807, 2.05) is 6.20 Å². The maximum atomic E-state index is 4.67. The highest BCUT2D eigenvalue weighted by atomic mass is 14.8. The fourth-order valence-electron chi connectivity index (χ4n) is 4.59. The second kappa shape index (κ2) is 4.30. The molecule has 112 valence electrons. The molecule has 3 aliphatic rings. The van der Waals surface area contributed by atoms with Crippen molar-refractivity contribution in [2.45, 2.75) is 11.8 Å². The van der Waals surface area contributed by atoms with Crippen LogP contribution in [0.25, 0.3) is 10.8 Å². The van der Waals surface area contributed by atoms with Gasteiger partial charge in [-0.3, -0.25) is 0 Å². The number of rotatable bonds is 0. The molecule has 0 saturated heterocycles. The van der Waals surface area contributed by atoms with Crippen LogP contribution < -0.4 is 0 Å². The van der Waals surface area contributed by atoms with Crippen molar-refractivity contribution in [1.82, 2.24) is 9.97 Å². The summed E-state index contributed by atoms with van der Waals surface area (Å²) in [4.78, 5) is 8.98. The number of aromatic nitrogens is 2. The van der Waals surface area contributed by atoms with Gasteiger partial charge in [0.05, 0.1) is 11.6 Å². The van der Waals surface area contributed by atoms with Gasteiger partial charge in [-0.1, -0.05) is 48.5 Å². The van der Waals surface area contributed by atoms with Gasteiger partial charge < -0.3 is 0 Å². The van der Waals surface area contributed by atoms with E-state index in [0.29, 0.717) is 0 Å². The Labute approximate surface area is 139 Å². The third-order valence-electron chi connectivity index (χ3n) is 5.55. The first kappa shape index (κ1) is 12.4. The summed E-state index contributed by atoms with van der Waals surface area (Å²) in [7, 11) is 0. The van der Waals surface area contributed by atoms with E-state index >= 15 is 0 Å². The molecule has 1 aromatic heterocycles. The largest absolute Gasteiger partial charge is 0.244 e. The first-order valence-corrected chi connectivity index (χ1v) is 8.33. The zero-order valence-corrected chi connectivity index (χ0v) is 13.0. The van der Waals surface area contributed by atoms with E-state index in [1.165, 1.54) is 44.3 Å². The summed E-state index contributed by atoms with van der Waals surface area (Å²) >= 11 is 0. The first-order chi connectivity index (χ1) is 11.9. The molecule has 2 unspecified atom stereocenters. The molecule has 1 heterocycles. The van der Waals surface area contributed by atoms with Crippen molar-refractivity contribution in [2.75, 3.05) is 0 Å². The predicted molar refractivity (Wildman–Crippen MR) is 94.3 cm³/mol. The molecule has 3 aromatic carbocycles. The molecule has 24 heavy (non-hydrogen) atoms. The van der Waals surface area contributed by atoms with Crippen LogP contribution in [0.5, 0.6) is 0 Å². The van der Waals surface area contributed by atoms with Crippen LogP contribution in [0.2, 0.25) is 0 Å². The molecule has 0 fully saturated rings. The summed E-state index contributed by atoms with van der Waals surface area (Å²) in [5.74, 6) is 0.478. The lowest BCUT2D eigenvalue weighted by Gasteiger charge is -2.41. The van der Waals surface area contributed by atoms with Crippen molar-refractivity contribution < 1.29 is 0 Å². The monoisotopic (exact) mass is 306 g/mol. The van der Waals surface area contributed by atoms with Crippen LogP contribution in [-0.2, 0) is 0 Å². The normalized spacial score (nSPS) is 19.7. The molecule has 4 aromatic rings. The lowest BCUT2D eigenvalue weighted by Crippen LogP contribution is -2.28. The topological polar surface area (TPSA) is 25.8 Å². The maximum absolute atomic E-state index is 4.67. The molecule has 0 N–H and O–H groups in total. The van der Waals surface area contributed by atoms with Crippen LogP contribution in [-0.4, -0.2) is 9.97 Å². The Hall–Kier alpha value is -3.00. The summed E-state index contributed by atoms with van der Waals surface area (Å²) < 4.78 is 0. The Morgan fingerprint density at radius 1 is 0.625 bits per heavy atom. The minimum absolute atomic E-state index is 0.226. The molecule has 0 radical (unpaired) electrons. The zero-order chi connectivity index (χ0) is 15.7. The van der Waals surface area contributed by atoms with Crippen LogP contribution in [0.3, 0.4) is 0 Å². The van der Waals surface area contributed by atoms with Gasteiger partial charge >= 0.3 is 0 Å². The first-order valence-electron chi connectivity index (χ1n) is 8.33. The summed E-state index contributed by atoms with van der Waals surface area (Å²) in [5.41, 5.74) is 8.08. The Morgan fingerprint density at radius 3 is 2.00 bits per heavy atom. The molecule has 2 bridgehead atoms. The van der Waals surface area contributed by atoms with Crippen molar-refractivity contribution in [3.05, 3.63) is 107 Å². The molecule has 0 amide bonds. The van der Waals surface area contributed by atoms with Crippen LogP contribution in [0.1, 0.15) is 45.3 Å². The second-order valence-electron chi connectivity index (χ2n) is 6.69. The molecule has 0 aliphatic heterocycles. The number of hydrogen-bond acceptors (Lipinski definition) is 2. The summed E-state index contributed by atoms with van der Waals surface area (Å²) in [6.07, 6.45) is 3.69.